The molecule has 1 aliphatic rings. The van der Waals surface area contributed by atoms with E-state index in [0.717, 1.165) is 19.3 Å². The van der Waals surface area contributed by atoms with Crippen molar-refractivity contribution in [1.82, 2.24) is 5.32 Å². The minimum atomic E-state index is -0.821. The Morgan fingerprint density at radius 2 is 2.00 bits per heavy atom. The van der Waals surface area contributed by atoms with Crippen LogP contribution < -0.4 is 11.1 Å². The number of carboxylic acid groups (broad SMARTS) is 1. The fraction of sp³-hybridized carbons (Fsp3) is 0.846. The summed E-state index contributed by atoms with van der Waals surface area (Å²) in [6.45, 7) is 0.584. The highest BCUT2D eigenvalue weighted by atomic mass is 16.5. The van der Waals surface area contributed by atoms with Crippen LogP contribution in [0.15, 0.2) is 0 Å². The molecule has 1 unspecified atom stereocenters. The lowest BCUT2D eigenvalue weighted by Crippen LogP contribution is -2.49. The molecule has 1 fully saturated rings. The summed E-state index contributed by atoms with van der Waals surface area (Å²) >= 11 is 0. The van der Waals surface area contributed by atoms with Gasteiger partial charge >= 0.3 is 5.97 Å². The van der Waals surface area contributed by atoms with Gasteiger partial charge in [-0.05, 0) is 19.3 Å². The van der Waals surface area contributed by atoms with Crippen molar-refractivity contribution in [2.24, 2.45) is 11.1 Å². The van der Waals surface area contributed by atoms with Gasteiger partial charge in [0.1, 0.15) is 0 Å². The van der Waals surface area contributed by atoms with Gasteiger partial charge in [-0.2, -0.15) is 0 Å². The maximum Gasteiger partial charge on any atom is 0.311 e. The zero-order valence-corrected chi connectivity index (χ0v) is 11.5. The molecule has 110 valence electrons. The van der Waals surface area contributed by atoms with Gasteiger partial charge in [0, 0.05) is 20.3 Å². The Balaban J connectivity index is 2.48. The molecule has 0 aromatic rings. The number of ether oxygens (including phenoxy) is 1. The van der Waals surface area contributed by atoms with Crippen molar-refractivity contribution < 1.29 is 19.4 Å². The average molecular weight is 272 g/mol. The molecule has 4 N–H and O–H groups in total. The fourth-order valence-corrected chi connectivity index (χ4v) is 2.46. The molecule has 0 saturated heterocycles. The average Bonchev–Trinajstić information content (AvgIpc) is 2.42. The second kappa shape index (κ2) is 7.45. The van der Waals surface area contributed by atoms with Crippen molar-refractivity contribution in [3.05, 3.63) is 0 Å². The van der Waals surface area contributed by atoms with E-state index in [0.29, 0.717) is 25.9 Å². The van der Waals surface area contributed by atoms with Gasteiger partial charge < -0.3 is 20.9 Å². The molecule has 1 aliphatic carbocycles. The summed E-state index contributed by atoms with van der Waals surface area (Å²) in [5, 5.41) is 12.1. The fourth-order valence-electron chi connectivity index (χ4n) is 2.46. The maximum atomic E-state index is 11.8. The predicted molar refractivity (Wildman–Crippen MR) is 70.6 cm³/mol. The first-order valence-electron chi connectivity index (χ1n) is 6.77. The Hall–Kier alpha value is -1.14. The third kappa shape index (κ3) is 4.47. The molecule has 0 bridgehead atoms. The van der Waals surface area contributed by atoms with Gasteiger partial charge in [-0.3, -0.25) is 9.59 Å². The van der Waals surface area contributed by atoms with E-state index in [2.05, 4.69) is 5.32 Å². The summed E-state index contributed by atoms with van der Waals surface area (Å²) in [4.78, 5) is 23.2. The number of rotatable bonds is 7. The van der Waals surface area contributed by atoms with Gasteiger partial charge in [-0.1, -0.05) is 19.3 Å². The molecule has 0 aliphatic heterocycles. The number of amides is 1. The highest BCUT2D eigenvalue weighted by Crippen LogP contribution is 2.35. The van der Waals surface area contributed by atoms with Crippen molar-refractivity contribution in [1.29, 1.82) is 0 Å². The molecule has 6 nitrogen and oxygen atoms in total. The second-order valence-corrected chi connectivity index (χ2v) is 5.25. The van der Waals surface area contributed by atoms with Crippen LogP contribution in [0.1, 0.15) is 38.5 Å². The molecule has 0 spiro atoms. The minimum Gasteiger partial charge on any atom is -0.481 e. The molecule has 1 amide bonds. The number of methoxy groups -OCH3 is 1. The quantitative estimate of drug-likeness (QED) is 0.626. The molecule has 1 saturated carbocycles. The third-order valence-corrected chi connectivity index (χ3v) is 3.84. The van der Waals surface area contributed by atoms with Crippen LogP contribution in [0.25, 0.3) is 0 Å². The van der Waals surface area contributed by atoms with Crippen molar-refractivity contribution in [2.75, 3.05) is 20.3 Å². The molecule has 0 heterocycles. The van der Waals surface area contributed by atoms with E-state index >= 15 is 0 Å². The lowest BCUT2D eigenvalue weighted by molar-refractivity contribution is -0.151. The van der Waals surface area contributed by atoms with Crippen LogP contribution in [0.4, 0.5) is 0 Å². The second-order valence-electron chi connectivity index (χ2n) is 5.25. The number of nitrogens with two attached hydrogens (primary N) is 1. The van der Waals surface area contributed by atoms with Gasteiger partial charge in [-0.25, -0.2) is 0 Å². The molecule has 0 aromatic carbocycles. The van der Waals surface area contributed by atoms with Gasteiger partial charge in [0.05, 0.1) is 11.5 Å². The standard InChI is InChI=1S/C13H24N2O4/c1-19-8-5-10(14)11(16)15-9-13(12(17)18)6-3-2-4-7-13/h10H,2-9,14H2,1H3,(H,15,16)(H,17,18). The zero-order valence-electron chi connectivity index (χ0n) is 11.5. The van der Waals surface area contributed by atoms with Crippen LogP contribution in [0.2, 0.25) is 0 Å². The van der Waals surface area contributed by atoms with Gasteiger partial charge in [0.2, 0.25) is 5.91 Å². The lowest BCUT2D eigenvalue weighted by atomic mass is 9.74. The molecular weight excluding hydrogens is 248 g/mol. The summed E-state index contributed by atoms with van der Waals surface area (Å²) in [5.41, 5.74) is 4.89. The smallest absolute Gasteiger partial charge is 0.311 e. The molecule has 0 radical (unpaired) electrons. The number of carbonyl (C=O) groups excluding carboxylic acids is 1. The minimum absolute atomic E-state index is 0.169. The molecule has 6 heteroatoms. The molecule has 1 atom stereocenters. The van der Waals surface area contributed by atoms with Crippen molar-refractivity contribution in [3.8, 4) is 0 Å². The lowest BCUT2D eigenvalue weighted by Gasteiger charge is -2.33. The van der Waals surface area contributed by atoms with E-state index in [-0.39, 0.29) is 12.5 Å². The van der Waals surface area contributed by atoms with E-state index in [9.17, 15) is 14.7 Å². The van der Waals surface area contributed by atoms with Crippen LogP contribution in [0.5, 0.6) is 0 Å². The predicted octanol–water partition coefficient (Wildman–Crippen LogP) is 0.502. The Labute approximate surface area is 113 Å². The monoisotopic (exact) mass is 272 g/mol. The van der Waals surface area contributed by atoms with Gasteiger partial charge in [0.25, 0.3) is 0 Å². The number of carbonyl (C=O) groups is 2. The maximum absolute atomic E-state index is 11.8. The van der Waals surface area contributed by atoms with Crippen LogP contribution in [0.3, 0.4) is 0 Å². The summed E-state index contributed by atoms with van der Waals surface area (Å²) in [6.07, 6.45) is 4.54. The van der Waals surface area contributed by atoms with E-state index in [4.69, 9.17) is 10.5 Å². The van der Waals surface area contributed by atoms with Crippen molar-refractivity contribution >= 4 is 11.9 Å². The van der Waals surface area contributed by atoms with Crippen molar-refractivity contribution in [2.45, 2.75) is 44.6 Å². The first-order valence-corrected chi connectivity index (χ1v) is 6.77. The molecule has 0 aromatic heterocycles. The Bertz CT molecular complexity index is 314. The number of aliphatic carboxylic acids is 1. The first kappa shape index (κ1) is 15.9. The van der Waals surface area contributed by atoms with E-state index < -0.39 is 17.4 Å². The van der Waals surface area contributed by atoms with Crippen LogP contribution >= 0.6 is 0 Å². The summed E-state index contributed by atoms with van der Waals surface area (Å²) in [7, 11) is 1.55. The molecular formula is C13H24N2O4. The zero-order chi connectivity index (χ0) is 14.3. The topological polar surface area (TPSA) is 102 Å². The first-order chi connectivity index (χ1) is 9.02. The normalized spacial score (nSPS) is 19.7. The number of carboxylic acids is 1. The summed E-state index contributed by atoms with van der Waals surface area (Å²) in [5.74, 6) is -1.12. The number of nitrogens with one attached hydrogen (secondary N) is 1. The SMILES string of the molecule is COCCC(N)C(=O)NCC1(C(=O)O)CCCCC1. The van der Waals surface area contributed by atoms with Crippen LogP contribution in [0, 0.1) is 5.41 Å². The van der Waals surface area contributed by atoms with Crippen molar-refractivity contribution in [3.63, 3.8) is 0 Å². The largest absolute Gasteiger partial charge is 0.481 e. The van der Waals surface area contributed by atoms with E-state index in [1.165, 1.54) is 0 Å². The molecule has 19 heavy (non-hydrogen) atoms. The highest BCUT2D eigenvalue weighted by molar-refractivity contribution is 5.82. The molecule has 1 rings (SSSR count). The Morgan fingerprint density at radius 3 is 2.53 bits per heavy atom. The third-order valence-electron chi connectivity index (χ3n) is 3.84. The van der Waals surface area contributed by atoms with Gasteiger partial charge in [-0.15, -0.1) is 0 Å². The highest BCUT2D eigenvalue weighted by Gasteiger charge is 2.39. The summed E-state index contributed by atoms with van der Waals surface area (Å²) < 4.78 is 4.86. The van der Waals surface area contributed by atoms with Gasteiger partial charge in [0.15, 0.2) is 0 Å². The Kier molecular flexibility index (Phi) is 6.24. The summed E-state index contributed by atoms with van der Waals surface area (Å²) in [6, 6.07) is -0.644. The van der Waals surface area contributed by atoms with Crippen LogP contribution in [-0.2, 0) is 14.3 Å². The number of hydrogen-bond donors (Lipinski definition) is 3. The number of hydrogen-bond acceptors (Lipinski definition) is 4. The van der Waals surface area contributed by atoms with Crippen LogP contribution in [-0.4, -0.2) is 43.3 Å². The van der Waals surface area contributed by atoms with E-state index in [1.54, 1.807) is 7.11 Å². The van der Waals surface area contributed by atoms with E-state index in [1.807, 2.05) is 0 Å². The Morgan fingerprint density at radius 1 is 1.37 bits per heavy atom.